The standard InChI is InChI=1S/C18H24N4OS/c1-11(2)22-17(14-7-8-14)20-21-18(22)24-10-16(23)19-15-9-12(3)5-6-13(15)4/h5-6,9,11,14H,7-8,10H2,1-4H3,(H,19,23). The third-order valence-corrected chi connectivity index (χ3v) is 5.09. The molecule has 0 unspecified atom stereocenters. The van der Waals surface area contributed by atoms with Crippen molar-refractivity contribution >= 4 is 23.4 Å². The number of hydrogen-bond acceptors (Lipinski definition) is 4. The van der Waals surface area contributed by atoms with Crippen LogP contribution in [0.1, 0.15) is 55.6 Å². The molecule has 1 amide bonds. The number of aryl methyl sites for hydroxylation is 2. The van der Waals surface area contributed by atoms with Crippen LogP contribution in [0.25, 0.3) is 0 Å². The number of carbonyl (C=O) groups is 1. The number of nitrogens with zero attached hydrogens (tertiary/aromatic N) is 3. The molecule has 1 fully saturated rings. The minimum atomic E-state index is -0.0139. The van der Waals surface area contributed by atoms with Crippen LogP contribution in [0.5, 0.6) is 0 Å². The second-order valence-corrected chi connectivity index (χ2v) is 7.68. The summed E-state index contributed by atoms with van der Waals surface area (Å²) < 4.78 is 2.17. The molecule has 0 bridgehead atoms. The number of hydrogen-bond donors (Lipinski definition) is 1. The first kappa shape index (κ1) is 17.0. The van der Waals surface area contributed by atoms with Crippen LogP contribution in [0.2, 0.25) is 0 Å². The molecule has 0 saturated heterocycles. The van der Waals surface area contributed by atoms with Gasteiger partial charge in [-0.3, -0.25) is 4.79 Å². The predicted octanol–water partition coefficient (Wildman–Crippen LogP) is 4.08. The maximum atomic E-state index is 12.3. The Morgan fingerprint density at radius 1 is 1.33 bits per heavy atom. The van der Waals surface area contributed by atoms with Crippen molar-refractivity contribution in [2.45, 2.75) is 57.7 Å². The molecule has 1 heterocycles. The van der Waals surface area contributed by atoms with Crippen molar-refractivity contribution in [2.75, 3.05) is 11.1 Å². The molecule has 1 saturated carbocycles. The van der Waals surface area contributed by atoms with E-state index in [9.17, 15) is 4.79 Å². The lowest BCUT2D eigenvalue weighted by molar-refractivity contribution is -0.113. The van der Waals surface area contributed by atoms with Crippen LogP contribution in [0, 0.1) is 13.8 Å². The molecule has 0 atom stereocenters. The van der Waals surface area contributed by atoms with Crippen LogP contribution in [0.3, 0.4) is 0 Å². The van der Waals surface area contributed by atoms with Gasteiger partial charge in [0.05, 0.1) is 5.75 Å². The summed E-state index contributed by atoms with van der Waals surface area (Å²) in [5.74, 6) is 1.95. The van der Waals surface area contributed by atoms with Crippen LogP contribution < -0.4 is 5.32 Å². The lowest BCUT2D eigenvalue weighted by Crippen LogP contribution is -2.16. The number of amides is 1. The second kappa shape index (κ2) is 6.97. The van der Waals surface area contributed by atoms with Crippen molar-refractivity contribution in [2.24, 2.45) is 0 Å². The Morgan fingerprint density at radius 2 is 2.08 bits per heavy atom. The molecule has 1 aliphatic rings. The van der Waals surface area contributed by atoms with Crippen LogP contribution in [-0.2, 0) is 4.79 Å². The Labute approximate surface area is 147 Å². The van der Waals surface area contributed by atoms with E-state index in [0.717, 1.165) is 27.8 Å². The number of nitrogens with one attached hydrogen (secondary N) is 1. The van der Waals surface area contributed by atoms with Gasteiger partial charge in [0.2, 0.25) is 5.91 Å². The molecule has 5 nitrogen and oxygen atoms in total. The molecule has 0 aliphatic heterocycles. The zero-order valence-corrected chi connectivity index (χ0v) is 15.5. The van der Waals surface area contributed by atoms with E-state index in [2.05, 4.69) is 33.9 Å². The number of rotatable bonds is 6. The molecule has 6 heteroatoms. The molecule has 24 heavy (non-hydrogen) atoms. The van der Waals surface area contributed by atoms with Crippen molar-refractivity contribution in [3.8, 4) is 0 Å². The molecule has 128 valence electrons. The molecule has 3 rings (SSSR count). The summed E-state index contributed by atoms with van der Waals surface area (Å²) in [6.07, 6.45) is 2.39. The lowest BCUT2D eigenvalue weighted by Gasteiger charge is -2.13. The zero-order chi connectivity index (χ0) is 17.3. The molecule has 1 aromatic heterocycles. The summed E-state index contributed by atoms with van der Waals surface area (Å²) in [4.78, 5) is 12.3. The van der Waals surface area contributed by atoms with E-state index in [1.54, 1.807) is 0 Å². The fourth-order valence-electron chi connectivity index (χ4n) is 2.68. The smallest absolute Gasteiger partial charge is 0.234 e. The first-order valence-electron chi connectivity index (χ1n) is 8.40. The normalized spacial score (nSPS) is 14.2. The number of thioether (sulfide) groups is 1. The lowest BCUT2D eigenvalue weighted by atomic mass is 10.1. The van der Waals surface area contributed by atoms with E-state index < -0.39 is 0 Å². The Kier molecular flexibility index (Phi) is 4.94. The summed E-state index contributed by atoms with van der Waals surface area (Å²) in [6, 6.07) is 6.37. The first-order valence-corrected chi connectivity index (χ1v) is 9.39. The number of aromatic nitrogens is 3. The Balaban J connectivity index is 1.65. The Hall–Kier alpha value is -1.82. The van der Waals surface area contributed by atoms with Gasteiger partial charge in [-0.2, -0.15) is 0 Å². The molecular formula is C18H24N4OS. The molecule has 1 aromatic carbocycles. The minimum Gasteiger partial charge on any atom is -0.325 e. The van der Waals surface area contributed by atoms with Gasteiger partial charge < -0.3 is 9.88 Å². The maximum Gasteiger partial charge on any atom is 0.234 e. The van der Waals surface area contributed by atoms with Gasteiger partial charge in [-0.1, -0.05) is 23.9 Å². The molecule has 1 N–H and O–H groups in total. The average molecular weight is 344 g/mol. The Morgan fingerprint density at radius 3 is 2.75 bits per heavy atom. The van der Waals surface area contributed by atoms with Crippen LogP contribution >= 0.6 is 11.8 Å². The quantitative estimate of drug-likeness (QED) is 0.802. The van der Waals surface area contributed by atoms with E-state index in [1.165, 1.54) is 24.6 Å². The van der Waals surface area contributed by atoms with Crippen molar-refractivity contribution in [3.05, 3.63) is 35.2 Å². The van der Waals surface area contributed by atoms with Crippen molar-refractivity contribution < 1.29 is 4.79 Å². The number of carbonyl (C=O) groups excluding carboxylic acids is 1. The zero-order valence-electron chi connectivity index (χ0n) is 14.7. The predicted molar refractivity (Wildman–Crippen MR) is 97.7 cm³/mol. The third kappa shape index (κ3) is 3.80. The maximum absolute atomic E-state index is 12.3. The SMILES string of the molecule is Cc1ccc(C)c(NC(=O)CSc2nnc(C3CC3)n2C(C)C)c1. The van der Waals surface area contributed by atoms with Crippen molar-refractivity contribution in [1.29, 1.82) is 0 Å². The first-order chi connectivity index (χ1) is 11.5. The summed E-state index contributed by atoms with van der Waals surface area (Å²) in [7, 11) is 0. The van der Waals surface area contributed by atoms with Gasteiger partial charge in [0.25, 0.3) is 0 Å². The summed E-state index contributed by atoms with van der Waals surface area (Å²) in [5.41, 5.74) is 3.09. The minimum absolute atomic E-state index is 0.0139. The molecule has 0 radical (unpaired) electrons. The number of benzene rings is 1. The van der Waals surface area contributed by atoms with E-state index in [1.807, 2.05) is 32.0 Å². The Bertz CT molecular complexity index is 749. The highest BCUT2D eigenvalue weighted by atomic mass is 32.2. The van der Waals surface area contributed by atoms with Crippen molar-refractivity contribution in [3.63, 3.8) is 0 Å². The van der Waals surface area contributed by atoms with E-state index in [4.69, 9.17) is 0 Å². The summed E-state index contributed by atoms with van der Waals surface area (Å²) in [6.45, 7) is 8.29. The van der Waals surface area contributed by atoms with Crippen LogP contribution in [-0.4, -0.2) is 26.4 Å². The molecule has 1 aliphatic carbocycles. The molecule has 0 spiro atoms. The van der Waals surface area contributed by atoms with Gasteiger partial charge in [-0.25, -0.2) is 0 Å². The number of anilines is 1. The van der Waals surface area contributed by atoms with Crippen molar-refractivity contribution in [1.82, 2.24) is 14.8 Å². The largest absolute Gasteiger partial charge is 0.325 e. The fraction of sp³-hybridized carbons (Fsp3) is 0.500. The van der Waals surface area contributed by atoms with Gasteiger partial charge in [-0.05, 0) is 57.7 Å². The van der Waals surface area contributed by atoms with Gasteiger partial charge >= 0.3 is 0 Å². The monoisotopic (exact) mass is 344 g/mol. The van der Waals surface area contributed by atoms with E-state index in [0.29, 0.717) is 17.7 Å². The van der Waals surface area contributed by atoms with Gasteiger partial charge in [0.15, 0.2) is 5.16 Å². The highest BCUT2D eigenvalue weighted by molar-refractivity contribution is 7.99. The molecular weight excluding hydrogens is 320 g/mol. The van der Waals surface area contributed by atoms with Gasteiger partial charge in [0.1, 0.15) is 5.82 Å². The average Bonchev–Trinajstić information content (AvgIpc) is 3.28. The summed E-state index contributed by atoms with van der Waals surface area (Å²) >= 11 is 1.46. The topological polar surface area (TPSA) is 59.8 Å². The van der Waals surface area contributed by atoms with Crippen LogP contribution in [0.15, 0.2) is 23.4 Å². The van der Waals surface area contributed by atoms with E-state index in [-0.39, 0.29) is 5.91 Å². The highest BCUT2D eigenvalue weighted by Gasteiger charge is 2.31. The molecule has 2 aromatic rings. The highest BCUT2D eigenvalue weighted by Crippen LogP contribution is 2.41. The van der Waals surface area contributed by atoms with Crippen LogP contribution in [0.4, 0.5) is 5.69 Å². The van der Waals surface area contributed by atoms with E-state index >= 15 is 0 Å². The third-order valence-electron chi connectivity index (χ3n) is 4.15. The second-order valence-electron chi connectivity index (χ2n) is 6.73. The summed E-state index contributed by atoms with van der Waals surface area (Å²) in [5, 5.41) is 12.5. The van der Waals surface area contributed by atoms with Gasteiger partial charge in [0, 0.05) is 17.6 Å². The fourth-order valence-corrected chi connectivity index (χ4v) is 3.55. The van der Waals surface area contributed by atoms with Gasteiger partial charge in [-0.15, -0.1) is 10.2 Å².